The Bertz CT molecular complexity index is 919. The number of phenolic OH excluding ortho intramolecular Hbond substituents is 1. The van der Waals surface area contributed by atoms with Gasteiger partial charge in [0, 0.05) is 10.0 Å². The summed E-state index contributed by atoms with van der Waals surface area (Å²) in [5, 5.41) is 13.9. The molecule has 0 bridgehead atoms. The van der Waals surface area contributed by atoms with E-state index in [0.717, 1.165) is 10.9 Å². The predicted octanol–water partition coefficient (Wildman–Crippen LogP) is 6.00. The van der Waals surface area contributed by atoms with Gasteiger partial charge in [-0.05, 0) is 69.7 Å². The van der Waals surface area contributed by atoms with Crippen LogP contribution in [0.2, 0.25) is 0 Å². The lowest BCUT2D eigenvalue weighted by Gasteiger charge is -2.33. The van der Waals surface area contributed by atoms with Gasteiger partial charge in [-0.15, -0.1) is 0 Å². The first kappa shape index (κ1) is 24.7. The summed E-state index contributed by atoms with van der Waals surface area (Å²) < 4.78 is 7.06. The smallest absolute Gasteiger partial charge is 0.277 e. The van der Waals surface area contributed by atoms with Crippen molar-refractivity contribution in [3.05, 3.63) is 55.6 Å². The van der Waals surface area contributed by atoms with Crippen LogP contribution in [-0.4, -0.2) is 23.8 Å². The lowest BCUT2D eigenvalue weighted by atomic mass is 9.72. The predicted molar refractivity (Wildman–Crippen MR) is 133 cm³/mol. The van der Waals surface area contributed by atoms with E-state index in [0.29, 0.717) is 14.9 Å². The number of carbonyl (C=O) groups excluding carboxylic acids is 1. The second-order valence-electron chi connectivity index (χ2n) is 9.05. The van der Waals surface area contributed by atoms with Gasteiger partial charge in [-0.25, -0.2) is 5.43 Å². The Balaban J connectivity index is 1.89. The summed E-state index contributed by atoms with van der Waals surface area (Å²) in [6, 6.07) is 11.4. The number of hydrogen-bond donors (Lipinski definition) is 2. The number of aromatic hydroxyl groups is 1. The first-order valence-electron chi connectivity index (χ1n) is 9.61. The van der Waals surface area contributed by atoms with Crippen LogP contribution in [0.15, 0.2) is 46.0 Å². The molecule has 2 aromatic rings. The Morgan fingerprint density at radius 2 is 1.83 bits per heavy atom. The third-order valence-corrected chi connectivity index (χ3v) is 5.71. The van der Waals surface area contributed by atoms with Crippen LogP contribution < -0.4 is 10.2 Å². The van der Waals surface area contributed by atoms with Crippen molar-refractivity contribution in [2.45, 2.75) is 46.5 Å². The molecule has 30 heavy (non-hydrogen) atoms. The van der Waals surface area contributed by atoms with Crippen molar-refractivity contribution in [1.82, 2.24) is 5.43 Å². The van der Waals surface area contributed by atoms with Gasteiger partial charge in [0.15, 0.2) is 6.61 Å². The second kappa shape index (κ2) is 10.1. The fourth-order valence-electron chi connectivity index (χ4n) is 3.47. The summed E-state index contributed by atoms with van der Waals surface area (Å²) in [5.74, 6) is 0.360. The monoisotopic (exact) mass is 586 g/mol. The summed E-state index contributed by atoms with van der Waals surface area (Å²) in [6.45, 7) is 11.1. The Labute approximate surface area is 200 Å². The zero-order valence-corrected chi connectivity index (χ0v) is 21.7. The molecule has 2 aromatic carbocycles. The number of carbonyl (C=O) groups is 1. The Morgan fingerprint density at radius 1 is 1.20 bits per heavy atom. The number of phenols is 1. The molecule has 0 atom stereocenters. The molecule has 2 rings (SSSR count). The van der Waals surface area contributed by atoms with Crippen LogP contribution in [0.4, 0.5) is 0 Å². The minimum atomic E-state index is -0.382. The summed E-state index contributed by atoms with van der Waals surface area (Å²) in [5.41, 5.74) is 4.44. The minimum absolute atomic E-state index is 0.0542. The summed E-state index contributed by atoms with van der Waals surface area (Å²) in [4.78, 5) is 12.0. The average Bonchev–Trinajstić information content (AvgIpc) is 2.62. The molecule has 2 N–H and O–H groups in total. The van der Waals surface area contributed by atoms with E-state index in [-0.39, 0.29) is 29.1 Å². The first-order valence-corrected chi connectivity index (χ1v) is 11.5. The van der Waals surface area contributed by atoms with Crippen LogP contribution in [-0.2, 0) is 10.2 Å². The molecule has 0 aliphatic carbocycles. The maximum atomic E-state index is 12.0. The van der Waals surface area contributed by atoms with E-state index in [1.54, 1.807) is 12.1 Å². The van der Waals surface area contributed by atoms with Gasteiger partial charge in [-0.1, -0.05) is 62.7 Å². The number of nitrogens with one attached hydrogen (secondary N) is 1. The Kier molecular flexibility index (Phi) is 8.33. The molecule has 0 aliphatic heterocycles. The molecule has 0 unspecified atom stereocenters. The highest BCUT2D eigenvalue weighted by Crippen LogP contribution is 2.36. The fraction of sp³-hybridized carbons (Fsp3) is 0.391. The SMILES string of the molecule is CC(C)(C)CC(C)(C)c1ccc(OCC(=O)N/N=C\c2cc(Br)cc(I)c2O)cc1. The molecular formula is C23H28BrIN2O3. The van der Waals surface area contributed by atoms with Crippen LogP contribution in [0, 0.1) is 8.99 Å². The molecule has 0 radical (unpaired) electrons. The number of halogens is 2. The summed E-state index contributed by atoms with van der Waals surface area (Å²) in [6.07, 6.45) is 2.46. The lowest BCUT2D eigenvalue weighted by Crippen LogP contribution is -2.25. The van der Waals surface area contributed by atoms with E-state index < -0.39 is 0 Å². The second-order valence-corrected chi connectivity index (χ2v) is 11.1. The number of rotatable bonds is 7. The van der Waals surface area contributed by atoms with Crippen molar-refractivity contribution in [3.8, 4) is 11.5 Å². The van der Waals surface area contributed by atoms with Crippen LogP contribution in [0.3, 0.4) is 0 Å². The average molecular weight is 587 g/mol. The zero-order valence-electron chi connectivity index (χ0n) is 17.9. The third kappa shape index (κ3) is 7.58. The van der Waals surface area contributed by atoms with E-state index in [1.165, 1.54) is 11.8 Å². The fourth-order valence-corrected chi connectivity index (χ4v) is 5.02. The molecular weight excluding hydrogens is 559 g/mol. The van der Waals surface area contributed by atoms with Crippen molar-refractivity contribution in [3.63, 3.8) is 0 Å². The standard InChI is InChI=1S/C23H28BrIN2O3/c1-22(2,3)14-23(4,5)16-6-8-18(9-7-16)30-13-20(28)27-26-12-15-10-17(24)11-19(25)21(15)29/h6-12,29H,13-14H2,1-5H3,(H,27,28)/b26-12-. The molecule has 1 amide bonds. The molecule has 0 spiro atoms. The number of amides is 1. The van der Waals surface area contributed by atoms with Gasteiger partial charge in [-0.3, -0.25) is 4.79 Å². The lowest BCUT2D eigenvalue weighted by molar-refractivity contribution is -0.123. The van der Waals surface area contributed by atoms with Crippen LogP contribution in [0.25, 0.3) is 0 Å². The quantitative estimate of drug-likeness (QED) is 0.237. The van der Waals surface area contributed by atoms with Gasteiger partial charge in [0.1, 0.15) is 11.5 Å². The molecule has 0 fully saturated rings. The van der Waals surface area contributed by atoms with Gasteiger partial charge < -0.3 is 9.84 Å². The first-order chi connectivity index (χ1) is 13.9. The number of nitrogens with zero attached hydrogens (tertiary/aromatic N) is 1. The number of hydrazone groups is 1. The van der Waals surface area contributed by atoms with E-state index in [2.05, 4.69) is 73.2 Å². The highest BCUT2D eigenvalue weighted by atomic mass is 127. The molecule has 7 heteroatoms. The number of hydrogen-bond acceptors (Lipinski definition) is 4. The van der Waals surface area contributed by atoms with Gasteiger partial charge >= 0.3 is 0 Å². The number of ether oxygens (including phenoxy) is 1. The normalized spacial score (nSPS) is 12.2. The zero-order chi connectivity index (χ0) is 22.5. The summed E-state index contributed by atoms with van der Waals surface area (Å²) in [7, 11) is 0. The van der Waals surface area contributed by atoms with Crippen molar-refractivity contribution in [2.24, 2.45) is 10.5 Å². The van der Waals surface area contributed by atoms with Crippen molar-refractivity contribution in [1.29, 1.82) is 0 Å². The van der Waals surface area contributed by atoms with Gasteiger partial charge in [0.05, 0.1) is 9.78 Å². The van der Waals surface area contributed by atoms with Crippen LogP contribution >= 0.6 is 38.5 Å². The van der Waals surface area contributed by atoms with E-state index in [4.69, 9.17) is 4.74 Å². The maximum Gasteiger partial charge on any atom is 0.277 e. The third-order valence-electron chi connectivity index (χ3n) is 4.43. The summed E-state index contributed by atoms with van der Waals surface area (Å²) >= 11 is 5.39. The number of benzene rings is 2. The highest BCUT2D eigenvalue weighted by molar-refractivity contribution is 14.1. The van der Waals surface area contributed by atoms with Gasteiger partial charge in [-0.2, -0.15) is 5.10 Å². The van der Waals surface area contributed by atoms with E-state index >= 15 is 0 Å². The van der Waals surface area contributed by atoms with Crippen molar-refractivity contribution < 1.29 is 14.6 Å². The van der Waals surface area contributed by atoms with Gasteiger partial charge in [0.25, 0.3) is 5.91 Å². The van der Waals surface area contributed by atoms with E-state index in [9.17, 15) is 9.90 Å². The van der Waals surface area contributed by atoms with Gasteiger partial charge in [0.2, 0.25) is 0 Å². The molecule has 162 valence electrons. The molecule has 5 nitrogen and oxygen atoms in total. The molecule has 0 aliphatic rings. The molecule has 0 aromatic heterocycles. The van der Waals surface area contributed by atoms with E-state index in [1.807, 2.05) is 34.7 Å². The molecule has 0 heterocycles. The minimum Gasteiger partial charge on any atom is -0.506 e. The van der Waals surface area contributed by atoms with Crippen molar-refractivity contribution >= 4 is 50.6 Å². The molecule has 0 saturated heterocycles. The highest BCUT2D eigenvalue weighted by Gasteiger charge is 2.27. The maximum absolute atomic E-state index is 12.0. The Morgan fingerprint density at radius 3 is 2.43 bits per heavy atom. The largest absolute Gasteiger partial charge is 0.506 e. The molecule has 0 saturated carbocycles. The van der Waals surface area contributed by atoms with Crippen LogP contribution in [0.1, 0.15) is 52.2 Å². The van der Waals surface area contributed by atoms with Crippen LogP contribution in [0.5, 0.6) is 11.5 Å². The van der Waals surface area contributed by atoms with Crippen molar-refractivity contribution in [2.75, 3.05) is 6.61 Å². The topological polar surface area (TPSA) is 70.9 Å². The Hall–Kier alpha value is -1.61.